The van der Waals surface area contributed by atoms with Gasteiger partial charge in [-0.1, -0.05) is 0 Å². The van der Waals surface area contributed by atoms with Gasteiger partial charge in [-0.05, 0) is 0 Å². The van der Waals surface area contributed by atoms with Crippen LogP contribution in [0.25, 0.3) is 0 Å². The van der Waals surface area contributed by atoms with Crippen molar-refractivity contribution in [2.24, 2.45) is 0 Å². The summed E-state index contributed by atoms with van der Waals surface area (Å²) >= 11 is -4.83. The molecule has 8 heavy (non-hydrogen) atoms. The minimum absolute atomic E-state index is 0.0729. The summed E-state index contributed by atoms with van der Waals surface area (Å²) in [5, 5.41) is 0. The molecule has 0 saturated heterocycles. The molecule has 0 unspecified atom stereocenters. The van der Waals surface area contributed by atoms with E-state index in [4.69, 9.17) is 4.19 Å². The van der Waals surface area contributed by atoms with Crippen molar-refractivity contribution >= 4 is 13.4 Å². The van der Waals surface area contributed by atoms with E-state index in [-0.39, 0.29) is 6.61 Å². The summed E-state index contributed by atoms with van der Waals surface area (Å²) in [6.07, 6.45) is 0.587. The van der Waals surface area contributed by atoms with Gasteiger partial charge >= 0.3 is 49.0 Å². The number of hydrogen-bond donors (Lipinski definition) is 1. The van der Waals surface area contributed by atoms with Crippen LogP contribution in [0, 0.1) is 0 Å². The SMILES string of the molecule is CCCO[Se](=O)(=O)O. The van der Waals surface area contributed by atoms with Gasteiger partial charge in [-0.3, -0.25) is 0 Å². The second-order valence-electron chi connectivity index (χ2n) is 1.25. The Bertz CT molecular complexity index is 135. The molecule has 0 aliphatic carbocycles. The van der Waals surface area contributed by atoms with Crippen LogP contribution < -0.4 is 0 Å². The summed E-state index contributed by atoms with van der Waals surface area (Å²) in [7, 11) is 0. The van der Waals surface area contributed by atoms with E-state index < -0.39 is 13.4 Å². The normalized spacial score (nSPS) is 11.8. The fourth-order valence-corrected chi connectivity index (χ4v) is 0.980. The minimum atomic E-state index is -4.83. The van der Waals surface area contributed by atoms with E-state index in [2.05, 4.69) is 3.82 Å². The summed E-state index contributed by atoms with van der Waals surface area (Å²) in [6.45, 7) is 1.83. The molecule has 0 spiro atoms. The van der Waals surface area contributed by atoms with Crippen molar-refractivity contribution in [1.29, 1.82) is 0 Å². The molecule has 5 heteroatoms. The third-order valence-corrected chi connectivity index (χ3v) is 1.41. The second-order valence-corrected chi connectivity index (χ2v) is 3.54. The average Bonchev–Trinajstić information content (AvgIpc) is 1.59. The van der Waals surface area contributed by atoms with Gasteiger partial charge in [-0.2, -0.15) is 0 Å². The quantitative estimate of drug-likeness (QED) is 0.616. The molecule has 0 aromatic heterocycles. The van der Waals surface area contributed by atoms with Crippen molar-refractivity contribution in [1.82, 2.24) is 0 Å². The molecule has 0 aliphatic heterocycles. The van der Waals surface area contributed by atoms with Crippen LogP contribution in [0.2, 0.25) is 0 Å². The molecular weight excluding hydrogens is 179 g/mol. The third kappa shape index (κ3) is 6.04. The van der Waals surface area contributed by atoms with Crippen molar-refractivity contribution in [3.05, 3.63) is 0 Å². The molecule has 0 fully saturated rings. The van der Waals surface area contributed by atoms with Crippen LogP contribution in [0.5, 0.6) is 0 Å². The van der Waals surface area contributed by atoms with Gasteiger partial charge in [-0.15, -0.1) is 0 Å². The maximum atomic E-state index is 9.80. The molecule has 0 atom stereocenters. The third-order valence-electron chi connectivity index (χ3n) is 0.436. The summed E-state index contributed by atoms with van der Waals surface area (Å²) in [5.41, 5.74) is 0. The molecule has 4 nitrogen and oxygen atoms in total. The maximum absolute atomic E-state index is 9.80. The zero-order chi connectivity index (χ0) is 6.62. The van der Waals surface area contributed by atoms with Gasteiger partial charge in [0, 0.05) is 0 Å². The monoisotopic (exact) mass is 188 g/mol. The van der Waals surface area contributed by atoms with Crippen LogP contribution in [0.1, 0.15) is 13.3 Å². The Kier molecular flexibility index (Phi) is 3.16. The number of hydrogen-bond acceptors (Lipinski definition) is 3. The van der Waals surface area contributed by atoms with E-state index in [1.165, 1.54) is 0 Å². The molecule has 0 rings (SSSR count). The van der Waals surface area contributed by atoms with Gasteiger partial charge in [0.25, 0.3) is 0 Å². The first-order chi connectivity index (χ1) is 3.56. The van der Waals surface area contributed by atoms with E-state index in [1.807, 2.05) is 0 Å². The van der Waals surface area contributed by atoms with E-state index in [0.717, 1.165) is 0 Å². The van der Waals surface area contributed by atoms with Crippen molar-refractivity contribution < 1.29 is 15.7 Å². The zero-order valence-corrected chi connectivity index (χ0v) is 6.21. The van der Waals surface area contributed by atoms with Gasteiger partial charge in [-0.25, -0.2) is 0 Å². The van der Waals surface area contributed by atoms with Crippen LogP contribution in [0.15, 0.2) is 0 Å². The van der Waals surface area contributed by atoms with Crippen LogP contribution in [0.3, 0.4) is 0 Å². The van der Waals surface area contributed by atoms with Crippen molar-refractivity contribution in [2.45, 2.75) is 13.3 Å². The topological polar surface area (TPSA) is 63.6 Å². The Balaban J connectivity index is 3.42. The first-order valence-electron chi connectivity index (χ1n) is 2.18. The fraction of sp³-hybridized carbons (Fsp3) is 1.00. The van der Waals surface area contributed by atoms with Gasteiger partial charge in [0.2, 0.25) is 0 Å². The van der Waals surface area contributed by atoms with Gasteiger partial charge in [0.1, 0.15) is 0 Å². The Morgan fingerprint density at radius 2 is 2.12 bits per heavy atom. The molecule has 0 heterocycles. The molecule has 0 radical (unpaired) electrons. The molecule has 0 aliphatic rings. The molecule has 0 aromatic rings. The zero-order valence-electron chi connectivity index (χ0n) is 4.49. The van der Waals surface area contributed by atoms with Crippen molar-refractivity contribution in [2.75, 3.05) is 6.61 Å². The van der Waals surface area contributed by atoms with Crippen LogP contribution in [-0.2, 0) is 11.5 Å². The number of rotatable bonds is 3. The molecular formula is C3H8O4Se. The van der Waals surface area contributed by atoms with E-state index >= 15 is 0 Å². The Labute approximate surface area is 49.7 Å². The predicted molar refractivity (Wildman–Crippen MR) is 25.6 cm³/mol. The Morgan fingerprint density at radius 1 is 1.62 bits per heavy atom. The Morgan fingerprint density at radius 3 is 2.25 bits per heavy atom. The van der Waals surface area contributed by atoms with Crippen molar-refractivity contribution in [3.63, 3.8) is 0 Å². The van der Waals surface area contributed by atoms with E-state index in [9.17, 15) is 7.67 Å². The molecule has 1 N–H and O–H groups in total. The summed E-state index contributed by atoms with van der Waals surface area (Å²) < 4.78 is 31.5. The summed E-state index contributed by atoms with van der Waals surface area (Å²) in [5.74, 6) is 0. The summed E-state index contributed by atoms with van der Waals surface area (Å²) in [6, 6.07) is 0. The second kappa shape index (κ2) is 3.14. The molecule has 0 aromatic carbocycles. The molecule has 0 bridgehead atoms. The fourth-order valence-electron chi connectivity index (χ4n) is 0.189. The predicted octanol–water partition coefficient (Wildman–Crippen LogP) is -0.298. The van der Waals surface area contributed by atoms with Crippen molar-refractivity contribution in [3.8, 4) is 0 Å². The Hall–Kier alpha value is 0.0395. The first-order valence-corrected chi connectivity index (χ1v) is 5.04. The summed E-state index contributed by atoms with van der Waals surface area (Å²) in [4.78, 5) is 0. The van der Waals surface area contributed by atoms with Gasteiger partial charge < -0.3 is 0 Å². The van der Waals surface area contributed by atoms with Gasteiger partial charge in [0.15, 0.2) is 0 Å². The van der Waals surface area contributed by atoms with Crippen LogP contribution in [-0.4, -0.2) is 24.2 Å². The van der Waals surface area contributed by atoms with E-state index in [0.29, 0.717) is 6.42 Å². The van der Waals surface area contributed by atoms with Crippen LogP contribution >= 0.6 is 0 Å². The van der Waals surface area contributed by atoms with Crippen LogP contribution in [0.4, 0.5) is 0 Å². The first kappa shape index (κ1) is 8.04. The molecule has 0 amide bonds. The molecule has 0 saturated carbocycles. The molecule has 50 valence electrons. The average molecular weight is 187 g/mol. The standard InChI is InChI=1S/C3H8O4Se/c1-2-3-7-8(4,5)6/h2-3H2,1H3,(H,4,5,6). The van der Waals surface area contributed by atoms with E-state index in [1.54, 1.807) is 6.92 Å². The van der Waals surface area contributed by atoms with Gasteiger partial charge in [0.05, 0.1) is 0 Å².